The number of aromatic nitrogens is 1. The molecule has 7 nitrogen and oxygen atoms in total. The lowest BCUT2D eigenvalue weighted by Crippen LogP contribution is -2.52. The van der Waals surface area contributed by atoms with Crippen molar-refractivity contribution in [3.05, 3.63) is 71.4 Å². The third-order valence-corrected chi connectivity index (χ3v) is 8.15. The van der Waals surface area contributed by atoms with E-state index in [0.717, 1.165) is 47.7 Å². The molecule has 1 atom stereocenters. The van der Waals surface area contributed by atoms with E-state index in [2.05, 4.69) is 16.0 Å². The number of carboxylic acid groups (broad SMARTS) is 1. The summed E-state index contributed by atoms with van der Waals surface area (Å²) in [4.78, 5) is 32.1. The summed E-state index contributed by atoms with van der Waals surface area (Å²) >= 11 is 0. The molecule has 3 heterocycles. The van der Waals surface area contributed by atoms with Crippen LogP contribution in [0.2, 0.25) is 0 Å². The van der Waals surface area contributed by atoms with E-state index in [1.165, 1.54) is 17.7 Å². The first-order valence-electron chi connectivity index (χ1n) is 13.4. The van der Waals surface area contributed by atoms with Gasteiger partial charge in [-0.05, 0) is 86.0 Å². The van der Waals surface area contributed by atoms with Crippen molar-refractivity contribution in [2.45, 2.75) is 37.6 Å². The number of carbonyl (C=O) groups excluding carboxylic acids is 1. The van der Waals surface area contributed by atoms with E-state index < -0.39 is 23.6 Å². The predicted octanol–water partition coefficient (Wildman–Crippen LogP) is 5.04. The van der Waals surface area contributed by atoms with Crippen LogP contribution < -0.4 is 4.74 Å². The number of ether oxygens (including phenoxy) is 1. The zero-order valence-electron chi connectivity index (χ0n) is 21.9. The van der Waals surface area contributed by atoms with Gasteiger partial charge in [0.2, 0.25) is 5.91 Å². The van der Waals surface area contributed by atoms with E-state index in [-0.39, 0.29) is 17.4 Å². The predicted molar refractivity (Wildman–Crippen MR) is 145 cm³/mol. The summed E-state index contributed by atoms with van der Waals surface area (Å²) in [5, 5.41) is 11.3. The number of carbonyl (C=O) groups is 2. The van der Waals surface area contributed by atoms with Gasteiger partial charge in [-0.1, -0.05) is 12.1 Å². The molecule has 2 fully saturated rings. The number of amides is 1. The number of likely N-dealkylation sites (tertiary alicyclic amines) is 2. The Balaban J connectivity index is 1.18. The maximum atomic E-state index is 13.4. The van der Waals surface area contributed by atoms with Gasteiger partial charge in [0.1, 0.15) is 23.4 Å². The summed E-state index contributed by atoms with van der Waals surface area (Å²) in [6, 6.07) is 8.54. The number of nitrogens with zero attached hydrogens (tertiary/aromatic N) is 2. The Morgan fingerprint density at radius 2 is 1.74 bits per heavy atom. The highest BCUT2D eigenvalue weighted by Crippen LogP contribution is 2.37. The van der Waals surface area contributed by atoms with Crippen LogP contribution in [0.1, 0.15) is 42.7 Å². The van der Waals surface area contributed by atoms with Gasteiger partial charge in [-0.3, -0.25) is 14.5 Å². The number of methoxy groups -OCH3 is 1. The van der Waals surface area contributed by atoms with Crippen molar-refractivity contribution in [2.24, 2.45) is 5.92 Å². The van der Waals surface area contributed by atoms with Gasteiger partial charge >= 0.3 is 5.97 Å². The molecule has 2 N–H and O–H groups in total. The molecular weight excluding hydrogens is 504 g/mol. The summed E-state index contributed by atoms with van der Waals surface area (Å²) < 4.78 is 32.3. The molecule has 0 saturated carbocycles. The Bertz CT molecular complexity index is 1350. The number of aromatic amines is 1. The SMILES string of the molecule is COc1cccc2c(C3CCN(C(C(=O)O)C4CCN(C(=O)/C=C/c5cc(F)cc(F)c5)CC4)CC3)c[nH]c12. The smallest absolute Gasteiger partial charge is 0.321 e. The molecule has 2 saturated heterocycles. The number of piperidine rings is 2. The third-order valence-electron chi connectivity index (χ3n) is 8.15. The minimum Gasteiger partial charge on any atom is -0.495 e. The minimum absolute atomic E-state index is 0.0539. The maximum Gasteiger partial charge on any atom is 0.321 e. The topological polar surface area (TPSA) is 85.9 Å². The monoisotopic (exact) mass is 537 g/mol. The molecule has 0 spiro atoms. The van der Waals surface area contributed by atoms with Crippen LogP contribution >= 0.6 is 0 Å². The number of aliphatic carboxylic acids is 1. The molecule has 0 bridgehead atoms. The second-order valence-corrected chi connectivity index (χ2v) is 10.4. The molecule has 5 rings (SSSR count). The first kappa shape index (κ1) is 26.9. The molecule has 206 valence electrons. The first-order valence-corrected chi connectivity index (χ1v) is 13.4. The van der Waals surface area contributed by atoms with Crippen LogP contribution in [0.4, 0.5) is 8.78 Å². The molecule has 0 radical (unpaired) electrons. The van der Waals surface area contributed by atoms with Crippen molar-refractivity contribution in [3.8, 4) is 5.75 Å². The van der Waals surface area contributed by atoms with Crippen molar-refractivity contribution in [1.29, 1.82) is 0 Å². The van der Waals surface area contributed by atoms with Gasteiger partial charge in [-0.2, -0.15) is 0 Å². The van der Waals surface area contributed by atoms with Crippen LogP contribution in [0, 0.1) is 17.6 Å². The van der Waals surface area contributed by atoms with Crippen LogP contribution in [0.15, 0.2) is 48.7 Å². The molecule has 1 aromatic heterocycles. The van der Waals surface area contributed by atoms with Gasteiger partial charge in [-0.15, -0.1) is 0 Å². The Hall–Kier alpha value is -3.72. The highest BCUT2D eigenvalue weighted by Gasteiger charge is 2.38. The fourth-order valence-corrected chi connectivity index (χ4v) is 6.18. The Labute approximate surface area is 226 Å². The number of hydrogen-bond acceptors (Lipinski definition) is 4. The standard InChI is InChI=1S/C30H33F2N3O4/c1-39-26-4-2-3-24-25(18-33-28(24)26)20-7-13-35(14-8-20)29(30(37)38)21-9-11-34(12-10-21)27(36)6-5-19-15-22(31)17-23(32)16-19/h2-6,15-18,20-21,29,33H,7-14H2,1H3,(H,37,38)/b6-5+. The van der Waals surface area contributed by atoms with E-state index >= 15 is 0 Å². The fourth-order valence-electron chi connectivity index (χ4n) is 6.18. The first-order chi connectivity index (χ1) is 18.8. The Morgan fingerprint density at radius 3 is 2.38 bits per heavy atom. The fraction of sp³-hybridized carbons (Fsp3) is 0.400. The summed E-state index contributed by atoms with van der Waals surface area (Å²) in [7, 11) is 1.66. The lowest BCUT2D eigenvalue weighted by molar-refractivity contribution is -0.147. The normalized spacial score (nSPS) is 18.6. The van der Waals surface area contributed by atoms with Gasteiger partial charge in [0.05, 0.1) is 12.6 Å². The lowest BCUT2D eigenvalue weighted by Gasteiger charge is -2.41. The third kappa shape index (κ3) is 5.83. The van der Waals surface area contributed by atoms with Crippen molar-refractivity contribution < 1.29 is 28.2 Å². The zero-order valence-corrected chi connectivity index (χ0v) is 21.9. The van der Waals surface area contributed by atoms with E-state index in [1.807, 2.05) is 18.3 Å². The Kier molecular flexibility index (Phi) is 7.97. The number of fused-ring (bicyclic) bond motifs is 1. The molecule has 9 heteroatoms. The van der Waals surface area contributed by atoms with Gasteiger partial charge in [0.15, 0.2) is 0 Å². The molecule has 39 heavy (non-hydrogen) atoms. The maximum absolute atomic E-state index is 13.4. The summed E-state index contributed by atoms with van der Waals surface area (Å²) in [6.07, 6.45) is 7.69. The molecular formula is C30H33F2N3O4. The zero-order chi connectivity index (χ0) is 27.5. The van der Waals surface area contributed by atoms with Crippen molar-refractivity contribution in [3.63, 3.8) is 0 Å². The highest BCUT2D eigenvalue weighted by molar-refractivity contribution is 5.92. The van der Waals surface area contributed by atoms with Crippen molar-refractivity contribution in [2.75, 3.05) is 33.3 Å². The number of H-pyrrole nitrogens is 1. The Morgan fingerprint density at radius 1 is 1.05 bits per heavy atom. The van der Waals surface area contributed by atoms with Gasteiger partial charge < -0.3 is 19.7 Å². The second-order valence-electron chi connectivity index (χ2n) is 10.4. The van der Waals surface area contributed by atoms with Crippen LogP contribution in [0.25, 0.3) is 17.0 Å². The average Bonchev–Trinajstić information content (AvgIpc) is 3.36. The molecule has 0 aliphatic carbocycles. The lowest BCUT2D eigenvalue weighted by atomic mass is 9.84. The molecule has 1 unspecified atom stereocenters. The number of hydrogen-bond donors (Lipinski definition) is 2. The summed E-state index contributed by atoms with van der Waals surface area (Å²) in [5.74, 6) is -1.37. The van der Waals surface area contributed by atoms with Crippen LogP contribution in [-0.2, 0) is 9.59 Å². The van der Waals surface area contributed by atoms with E-state index in [1.54, 1.807) is 12.0 Å². The number of halogens is 2. The number of benzene rings is 2. The van der Waals surface area contributed by atoms with Gasteiger partial charge in [0, 0.05) is 36.8 Å². The van der Waals surface area contributed by atoms with Crippen LogP contribution in [0.3, 0.4) is 0 Å². The second kappa shape index (κ2) is 11.6. The largest absolute Gasteiger partial charge is 0.495 e. The molecule has 3 aromatic rings. The van der Waals surface area contributed by atoms with Crippen molar-refractivity contribution in [1.82, 2.24) is 14.8 Å². The van der Waals surface area contributed by atoms with Crippen LogP contribution in [0.5, 0.6) is 5.75 Å². The van der Waals surface area contributed by atoms with E-state index in [0.29, 0.717) is 44.9 Å². The van der Waals surface area contributed by atoms with Crippen molar-refractivity contribution >= 4 is 28.9 Å². The van der Waals surface area contributed by atoms with E-state index in [9.17, 15) is 23.5 Å². The minimum atomic E-state index is -0.817. The summed E-state index contributed by atoms with van der Waals surface area (Å²) in [6.45, 7) is 2.29. The molecule has 1 amide bonds. The average molecular weight is 538 g/mol. The molecule has 2 aliphatic heterocycles. The van der Waals surface area contributed by atoms with Gasteiger partial charge in [0.25, 0.3) is 0 Å². The molecule has 2 aliphatic rings. The quantitative estimate of drug-likeness (QED) is 0.413. The number of rotatable bonds is 7. The summed E-state index contributed by atoms with van der Waals surface area (Å²) in [5.41, 5.74) is 2.51. The molecule has 2 aromatic carbocycles. The number of nitrogens with one attached hydrogen (secondary N) is 1. The van der Waals surface area contributed by atoms with Gasteiger partial charge in [-0.25, -0.2) is 8.78 Å². The van der Waals surface area contributed by atoms with Crippen LogP contribution in [-0.4, -0.2) is 71.1 Å². The van der Waals surface area contributed by atoms with E-state index in [4.69, 9.17) is 4.74 Å². The number of para-hydroxylation sites is 1. The number of carboxylic acids is 1. The highest BCUT2D eigenvalue weighted by atomic mass is 19.1.